The number of halogens is 4. The molecule has 206 valence electrons. The molecule has 0 bridgehead atoms. The van der Waals surface area contributed by atoms with E-state index in [1.54, 1.807) is 14.2 Å². The molecular formula is C28H33F4N3O3. The van der Waals surface area contributed by atoms with Crippen LogP contribution in [0.1, 0.15) is 49.7 Å². The van der Waals surface area contributed by atoms with Gasteiger partial charge in [0, 0.05) is 29.7 Å². The molecule has 6 nitrogen and oxygen atoms in total. The monoisotopic (exact) mass is 535 g/mol. The minimum Gasteiger partial charge on any atom is -0.493 e. The number of benzene rings is 2. The Labute approximate surface area is 219 Å². The summed E-state index contributed by atoms with van der Waals surface area (Å²) in [6.07, 6.45) is 1.05. The second-order valence-corrected chi connectivity index (χ2v) is 10.7. The zero-order chi connectivity index (χ0) is 27.1. The van der Waals surface area contributed by atoms with Crippen LogP contribution in [0.3, 0.4) is 0 Å². The van der Waals surface area contributed by atoms with E-state index in [9.17, 15) is 22.4 Å². The number of amides is 2. The van der Waals surface area contributed by atoms with Gasteiger partial charge in [-0.3, -0.25) is 4.90 Å². The van der Waals surface area contributed by atoms with Crippen LogP contribution < -0.4 is 20.1 Å². The molecule has 5 rings (SSSR count). The highest BCUT2D eigenvalue weighted by atomic mass is 19.4. The van der Waals surface area contributed by atoms with Crippen LogP contribution in [0.15, 0.2) is 36.4 Å². The van der Waals surface area contributed by atoms with Gasteiger partial charge in [-0.15, -0.1) is 0 Å². The largest absolute Gasteiger partial charge is 0.493 e. The van der Waals surface area contributed by atoms with E-state index < -0.39 is 23.6 Å². The summed E-state index contributed by atoms with van der Waals surface area (Å²) in [4.78, 5) is 15.3. The number of rotatable bonds is 7. The van der Waals surface area contributed by atoms with E-state index in [0.29, 0.717) is 36.3 Å². The molecule has 0 unspecified atom stereocenters. The summed E-state index contributed by atoms with van der Waals surface area (Å²) in [6.45, 7) is 2.00. The van der Waals surface area contributed by atoms with E-state index in [-0.39, 0.29) is 23.2 Å². The van der Waals surface area contributed by atoms with E-state index in [0.717, 1.165) is 38.1 Å². The fourth-order valence-corrected chi connectivity index (χ4v) is 6.29. The van der Waals surface area contributed by atoms with Crippen LogP contribution in [0.5, 0.6) is 11.5 Å². The minimum atomic E-state index is -4.71. The zero-order valence-electron chi connectivity index (χ0n) is 21.5. The summed E-state index contributed by atoms with van der Waals surface area (Å²) in [7, 11) is 3.24. The van der Waals surface area contributed by atoms with Crippen molar-refractivity contribution in [3.63, 3.8) is 0 Å². The molecule has 38 heavy (non-hydrogen) atoms. The molecule has 1 saturated heterocycles. The van der Waals surface area contributed by atoms with Crippen LogP contribution in [0.2, 0.25) is 0 Å². The van der Waals surface area contributed by atoms with Gasteiger partial charge in [-0.1, -0.05) is 6.07 Å². The molecule has 3 atom stereocenters. The van der Waals surface area contributed by atoms with Gasteiger partial charge in [-0.25, -0.2) is 9.18 Å². The third kappa shape index (κ3) is 5.41. The van der Waals surface area contributed by atoms with Crippen LogP contribution in [-0.4, -0.2) is 50.3 Å². The lowest BCUT2D eigenvalue weighted by atomic mass is 9.65. The van der Waals surface area contributed by atoms with Crippen LogP contribution >= 0.6 is 0 Å². The smallest absolute Gasteiger partial charge is 0.416 e. The van der Waals surface area contributed by atoms with Gasteiger partial charge in [-0.05, 0) is 86.9 Å². The standard InChI is InChI=1S/C28H33F4N3O3/c1-37-23-6-5-18(13-24(23)38-2)27-8-7-21(15-25(27)35(10-9-27)16-17-3-4-17)33-26(36)34-22-12-19(28(30,31)32)11-20(29)14-22/h5-6,11-14,17,21,25H,3-4,7-10,15-16H2,1-2H3,(H2,33,34,36)/t21-,25+,27+/m1/s1. The average molecular weight is 536 g/mol. The number of ether oxygens (including phenoxy) is 2. The molecule has 2 aromatic rings. The van der Waals surface area contributed by atoms with Gasteiger partial charge in [0.25, 0.3) is 0 Å². The van der Waals surface area contributed by atoms with Crippen LogP contribution in [0.25, 0.3) is 0 Å². The van der Waals surface area contributed by atoms with Crippen LogP contribution in [0.4, 0.5) is 28.0 Å². The zero-order valence-corrected chi connectivity index (χ0v) is 21.5. The number of nitrogens with one attached hydrogen (secondary N) is 2. The Balaban J connectivity index is 1.33. The third-order valence-electron chi connectivity index (χ3n) is 8.34. The Morgan fingerprint density at radius 2 is 1.82 bits per heavy atom. The third-order valence-corrected chi connectivity index (χ3v) is 8.34. The quantitative estimate of drug-likeness (QED) is 0.430. The number of methoxy groups -OCH3 is 2. The number of anilines is 1. The number of carbonyl (C=O) groups is 1. The van der Waals surface area contributed by atoms with Gasteiger partial charge in [0.05, 0.1) is 19.8 Å². The number of carbonyl (C=O) groups excluding carboxylic acids is 1. The second kappa shape index (κ2) is 10.3. The number of fused-ring (bicyclic) bond motifs is 1. The maximum atomic E-state index is 13.8. The van der Waals surface area contributed by atoms with Crippen molar-refractivity contribution in [2.75, 3.05) is 32.6 Å². The number of likely N-dealkylation sites (tertiary alicyclic amines) is 1. The topological polar surface area (TPSA) is 62.8 Å². The molecule has 3 aliphatic rings. The Hall–Kier alpha value is -3.01. The number of alkyl halides is 3. The second-order valence-electron chi connectivity index (χ2n) is 10.7. The first-order chi connectivity index (χ1) is 18.1. The highest BCUT2D eigenvalue weighted by molar-refractivity contribution is 5.89. The summed E-state index contributed by atoms with van der Waals surface area (Å²) in [5.74, 6) is 1.01. The highest BCUT2D eigenvalue weighted by Crippen LogP contribution is 2.51. The molecule has 1 heterocycles. The first kappa shape index (κ1) is 26.6. The molecule has 0 spiro atoms. The molecular weight excluding hydrogens is 502 g/mol. The van der Waals surface area contributed by atoms with Gasteiger partial charge in [-0.2, -0.15) is 13.2 Å². The van der Waals surface area contributed by atoms with E-state index in [2.05, 4.69) is 27.7 Å². The number of hydrogen-bond donors (Lipinski definition) is 2. The minimum absolute atomic E-state index is 0.0900. The lowest BCUT2D eigenvalue weighted by molar-refractivity contribution is -0.137. The van der Waals surface area contributed by atoms with Gasteiger partial charge in [0.1, 0.15) is 5.82 Å². The predicted octanol–water partition coefficient (Wildman–Crippen LogP) is 5.96. The summed E-state index contributed by atoms with van der Waals surface area (Å²) in [5.41, 5.74) is -0.276. The summed E-state index contributed by atoms with van der Waals surface area (Å²) < 4.78 is 64.0. The normalized spacial score (nSPS) is 25.5. The Morgan fingerprint density at radius 1 is 1.05 bits per heavy atom. The fraction of sp³-hybridized carbons (Fsp3) is 0.536. The molecule has 3 fully saturated rings. The van der Waals surface area contributed by atoms with E-state index in [1.807, 2.05) is 6.07 Å². The van der Waals surface area contributed by atoms with E-state index >= 15 is 0 Å². The molecule has 2 saturated carbocycles. The summed E-state index contributed by atoms with van der Waals surface area (Å²) in [5, 5.41) is 5.32. The van der Waals surface area contributed by atoms with Crippen molar-refractivity contribution >= 4 is 11.7 Å². The Bertz CT molecular complexity index is 1190. The summed E-state index contributed by atoms with van der Waals surface area (Å²) in [6, 6.07) is 7.54. The molecule has 2 amide bonds. The Morgan fingerprint density at radius 3 is 2.50 bits per heavy atom. The summed E-state index contributed by atoms with van der Waals surface area (Å²) >= 11 is 0. The van der Waals surface area contributed by atoms with Crippen molar-refractivity contribution in [3.05, 3.63) is 53.3 Å². The van der Waals surface area contributed by atoms with Gasteiger partial charge >= 0.3 is 12.2 Å². The number of urea groups is 1. The van der Waals surface area contributed by atoms with Gasteiger partial charge in [0.2, 0.25) is 0 Å². The van der Waals surface area contributed by atoms with Crippen molar-refractivity contribution in [2.45, 2.75) is 62.2 Å². The predicted molar refractivity (Wildman–Crippen MR) is 135 cm³/mol. The maximum Gasteiger partial charge on any atom is 0.416 e. The molecule has 0 radical (unpaired) electrons. The number of nitrogens with zero attached hydrogens (tertiary/aromatic N) is 1. The van der Waals surface area contributed by atoms with Crippen molar-refractivity contribution in [3.8, 4) is 11.5 Å². The average Bonchev–Trinajstić information content (AvgIpc) is 3.62. The SMILES string of the molecule is COc1ccc([C@@]23CC[C@@H](NC(=O)Nc4cc(F)cc(C(F)(F)F)c4)C[C@@H]2N(CC2CC2)CC3)cc1OC. The molecule has 2 aromatic carbocycles. The molecule has 2 N–H and O–H groups in total. The lowest BCUT2D eigenvalue weighted by Crippen LogP contribution is -2.53. The maximum absolute atomic E-state index is 13.8. The number of hydrogen-bond acceptors (Lipinski definition) is 4. The molecule has 10 heteroatoms. The molecule has 0 aromatic heterocycles. The van der Waals surface area contributed by atoms with Crippen LogP contribution in [-0.2, 0) is 11.6 Å². The fourth-order valence-electron chi connectivity index (χ4n) is 6.29. The molecule has 2 aliphatic carbocycles. The van der Waals surface area contributed by atoms with E-state index in [4.69, 9.17) is 9.47 Å². The first-order valence-corrected chi connectivity index (χ1v) is 13.0. The van der Waals surface area contributed by atoms with Gasteiger partial charge < -0.3 is 20.1 Å². The van der Waals surface area contributed by atoms with Crippen LogP contribution in [0, 0.1) is 11.7 Å². The molecule has 1 aliphatic heterocycles. The lowest BCUT2D eigenvalue weighted by Gasteiger charge is -2.45. The Kier molecular flexibility index (Phi) is 7.19. The van der Waals surface area contributed by atoms with Crippen molar-refractivity contribution < 1.29 is 31.8 Å². The van der Waals surface area contributed by atoms with E-state index in [1.165, 1.54) is 18.4 Å². The van der Waals surface area contributed by atoms with Crippen molar-refractivity contribution in [1.82, 2.24) is 10.2 Å². The van der Waals surface area contributed by atoms with Crippen molar-refractivity contribution in [1.29, 1.82) is 0 Å². The van der Waals surface area contributed by atoms with Crippen molar-refractivity contribution in [2.24, 2.45) is 5.92 Å². The highest BCUT2D eigenvalue weighted by Gasteiger charge is 2.52. The van der Waals surface area contributed by atoms with Gasteiger partial charge in [0.15, 0.2) is 11.5 Å². The first-order valence-electron chi connectivity index (χ1n) is 13.0.